The van der Waals surface area contributed by atoms with Crippen LogP contribution in [0.2, 0.25) is 0 Å². The molecule has 0 amide bonds. The van der Waals surface area contributed by atoms with E-state index in [2.05, 4.69) is 103 Å². The molecule has 4 heteroatoms. The van der Waals surface area contributed by atoms with Crippen LogP contribution in [0.15, 0.2) is 42.6 Å². The first-order chi connectivity index (χ1) is 19.0. The molecule has 227 valence electrons. The van der Waals surface area contributed by atoms with Gasteiger partial charge in [0.1, 0.15) is 0 Å². The SMILES string of the molecule is CCC1(CC)CCC2CC(CC)(CC)C(O)C2C1O.Cc1[c-]c(-c2nccc3cc(C(C)C)ccc23)cc(C)c1.[Ir]. The monoisotopic (exact) mass is 735 g/mol. The van der Waals surface area contributed by atoms with Crippen molar-refractivity contribution in [1.82, 2.24) is 4.98 Å². The van der Waals surface area contributed by atoms with Gasteiger partial charge in [0.05, 0.1) is 12.2 Å². The quantitative estimate of drug-likeness (QED) is 0.249. The van der Waals surface area contributed by atoms with E-state index in [4.69, 9.17) is 0 Å². The Labute approximate surface area is 262 Å². The standard InChI is InChI=1S/C20H20N.C17H32O2.Ir/c1-13(2)16-5-6-19-17(12-16)7-8-21-20(19)18-10-14(3)9-15(4)11-18;1-5-16(6-2)10-9-12-11-17(7-3,8-4)15(19)13(12)14(16)18;/h5-10,12-13H,1-4H3;12-15,18-19H,5-11H2,1-4H3;/q-1;;. The number of hydrogen-bond acceptors (Lipinski definition) is 3. The maximum Gasteiger partial charge on any atom is 0.0651 e. The molecule has 0 spiro atoms. The molecule has 1 heterocycles. The Morgan fingerprint density at radius 1 is 0.902 bits per heavy atom. The van der Waals surface area contributed by atoms with Crippen LogP contribution in [0.25, 0.3) is 22.0 Å². The molecule has 2 fully saturated rings. The number of aryl methyl sites for hydroxylation is 2. The van der Waals surface area contributed by atoms with Crippen molar-refractivity contribution in [1.29, 1.82) is 0 Å². The largest absolute Gasteiger partial charge is 0.392 e. The van der Waals surface area contributed by atoms with Crippen LogP contribution in [-0.4, -0.2) is 27.4 Å². The van der Waals surface area contributed by atoms with Crippen molar-refractivity contribution in [3.63, 3.8) is 0 Å². The summed E-state index contributed by atoms with van der Waals surface area (Å²) in [6.45, 7) is 17.4. The zero-order chi connectivity index (χ0) is 29.2. The van der Waals surface area contributed by atoms with E-state index in [9.17, 15) is 10.2 Å². The van der Waals surface area contributed by atoms with Crippen LogP contribution in [-0.2, 0) is 20.1 Å². The summed E-state index contributed by atoms with van der Waals surface area (Å²) in [6.07, 6.45) is 8.88. The van der Waals surface area contributed by atoms with Crippen LogP contribution in [0.5, 0.6) is 0 Å². The summed E-state index contributed by atoms with van der Waals surface area (Å²) >= 11 is 0. The topological polar surface area (TPSA) is 53.4 Å². The third kappa shape index (κ3) is 6.52. The van der Waals surface area contributed by atoms with E-state index in [1.54, 1.807) is 0 Å². The molecule has 3 nitrogen and oxygen atoms in total. The number of benzene rings is 2. The van der Waals surface area contributed by atoms with E-state index in [-0.39, 0.29) is 49.1 Å². The van der Waals surface area contributed by atoms with Crippen LogP contribution in [0.1, 0.15) is 109 Å². The normalized spacial score (nSPS) is 24.4. The summed E-state index contributed by atoms with van der Waals surface area (Å²) in [5, 5.41) is 24.2. The first-order valence-corrected chi connectivity index (χ1v) is 15.8. The van der Waals surface area contributed by atoms with Crippen molar-refractivity contribution in [3.8, 4) is 11.3 Å². The first kappa shape index (κ1) is 33.9. The second-order valence-corrected chi connectivity index (χ2v) is 13.2. The number of fused-ring (bicyclic) bond motifs is 2. The predicted octanol–water partition coefficient (Wildman–Crippen LogP) is 9.19. The Kier molecular flexibility index (Phi) is 11.4. The molecule has 0 aliphatic heterocycles. The second-order valence-electron chi connectivity index (χ2n) is 13.2. The van der Waals surface area contributed by atoms with Gasteiger partial charge in [0, 0.05) is 32.2 Å². The van der Waals surface area contributed by atoms with Crippen LogP contribution in [0, 0.1) is 42.6 Å². The van der Waals surface area contributed by atoms with Crippen molar-refractivity contribution in [3.05, 3.63) is 65.4 Å². The van der Waals surface area contributed by atoms with Gasteiger partial charge >= 0.3 is 0 Å². The molecule has 41 heavy (non-hydrogen) atoms. The third-order valence-corrected chi connectivity index (χ3v) is 10.9. The molecule has 1 radical (unpaired) electrons. The molecule has 2 saturated carbocycles. The Morgan fingerprint density at radius 2 is 1.54 bits per heavy atom. The number of aromatic nitrogens is 1. The number of hydrogen-bond donors (Lipinski definition) is 2. The van der Waals surface area contributed by atoms with E-state index < -0.39 is 0 Å². The summed E-state index contributed by atoms with van der Waals surface area (Å²) in [4.78, 5) is 4.60. The molecule has 4 atom stereocenters. The molecule has 2 aromatic carbocycles. The van der Waals surface area contributed by atoms with E-state index >= 15 is 0 Å². The maximum atomic E-state index is 10.9. The van der Waals surface area contributed by atoms with Crippen LogP contribution in [0.4, 0.5) is 0 Å². The summed E-state index contributed by atoms with van der Waals surface area (Å²) in [5.74, 6) is 1.20. The fourth-order valence-corrected chi connectivity index (χ4v) is 7.97. The van der Waals surface area contributed by atoms with Gasteiger partial charge in [-0.15, -0.1) is 34.9 Å². The van der Waals surface area contributed by atoms with Gasteiger partial charge < -0.3 is 15.2 Å². The minimum absolute atomic E-state index is 0. The molecule has 4 unspecified atom stereocenters. The van der Waals surface area contributed by atoms with Gasteiger partial charge in [-0.1, -0.05) is 73.6 Å². The zero-order valence-corrected chi connectivity index (χ0v) is 28.9. The summed E-state index contributed by atoms with van der Waals surface area (Å²) < 4.78 is 0. The molecule has 0 bridgehead atoms. The van der Waals surface area contributed by atoms with Crippen molar-refractivity contribution < 1.29 is 30.3 Å². The van der Waals surface area contributed by atoms with Crippen LogP contribution >= 0.6 is 0 Å². The Bertz CT molecular complexity index is 1270. The smallest absolute Gasteiger partial charge is 0.0651 e. The van der Waals surface area contributed by atoms with E-state index in [1.165, 1.54) is 28.3 Å². The summed E-state index contributed by atoms with van der Waals surface area (Å²) in [7, 11) is 0. The molecule has 2 N–H and O–H groups in total. The average molecular weight is 735 g/mol. The first-order valence-electron chi connectivity index (χ1n) is 15.8. The molecule has 0 saturated heterocycles. The van der Waals surface area contributed by atoms with Crippen molar-refractivity contribution in [2.75, 3.05) is 0 Å². The van der Waals surface area contributed by atoms with Gasteiger partial charge in [0.15, 0.2) is 0 Å². The van der Waals surface area contributed by atoms with Crippen molar-refractivity contribution >= 4 is 10.8 Å². The van der Waals surface area contributed by atoms with Crippen LogP contribution in [0.3, 0.4) is 0 Å². The van der Waals surface area contributed by atoms with E-state index in [0.29, 0.717) is 11.8 Å². The Hall–Kier alpha value is -1.58. The van der Waals surface area contributed by atoms with Gasteiger partial charge in [-0.2, -0.15) is 0 Å². The molecule has 3 aromatic rings. The van der Waals surface area contributed by atoms with Gasteiger partial charge in [-0.25, -0.2) is 0 Å². The predicted molar refractivity (Wildman–Crippen MR) is 168 cm³/mol. The van der Waals surface area contributed by atoms with E-state index in [0.717, 1.165) is 55.3 Å². The second kappa shape index (κ2) is 13.8. The zero-order valence-electron chi connectivity index (χ0n) is 26.6. The molecular formula is C37H52IrNO2-. The van der Waals surface area contributed by atoms with Gasteiger partial charge in [-0.3, -0.25) is 0 Å². The fraction of sp³-hybridized carbons (Fsp3) is 0.595. The number of pyridine rings is 1. The minimum atomic E-state index is -0.309. The number of nitrogens with zero attached hydrogens (tertiary/aromatic N) is 1. The molecule has 2 aliphatic carbocycles. The van der Waals surface area contributed by atoms with Gasteiger partial charge in [0.25, 0.3) is 0 Å². The fourth-order valence-electron chi connectivity index (χ4n) is 7.97. The van der Waals surface area contributed by atoms with Crippen molar-refractivity contribution in [2.45, 2.75) is 118 Å². The number of aliphatic hydroxyl groups excluding tert-OH is 2. The number of rotatable bonds is 6. The van der Waals surface area contributed by atoms with Crippen LogP contribution < -0.4 is 0 Å². The van der Waals surface area contributed by atoms with E-state index in [1.807, 2.05) is 6.20 Å². The summed E-state index contributed by atoms with van der Waals surface area (Å²) in [5.41, 5.74) is 5.99. The van der Waals surface area contributed by atoms with Gasteiger partial charge in [-0.05, 0) is 95.7 Å². The molecule has 2 aliphatic rings. The van der Waals surface area contributed by atoms with Crippen molar-refractivity contribution in [2.24, 2.45) is 22.7 Å². The summed E-state index contributed by atoms with van der Waals surface area (Å²) in [6, 6.07) is 16.5. The Morgan fingerprint density at radius 3 is 2.12 bits per heavy atom. The minimum Gasteiger partial charge on any atom is -0.392 e. The maximum absolute atomic E-state index is 10.9. The van der Waals surface area contributed by atoms with Gasteiger partial charge in [0.2, 0.25) is 0 Å². The Balaban J connectivity index is 0.000000221. The number of aliphatic hydroxyl groups is 2. The molecule has 5 rings (SSSR count). The third-order valence-electron chi connectivity index (χ3n) is 10.9. The average Bonchev–Trinajstić information content (AvgIpc) is 3.25. The molecular weight excluding hydrogens is 683 g/mol. The molecule has 1 aromatic heterocycles.